The van der Waals surface area contributed by atoms with Crippen molar-refractivity contribution in [1.82, 2.24) is 15.5 Å². The highest BCUT2D eigenvalue weighted by Gasteiger charge is 2.32. The van der Waals surface area contributed by atoms with E-state index >= 15 is 0 Å². The van der Waals surface area contributed by atoms with E-state index in [1.54, 1.807) is 6.92 Å². The number of carbonyl (C=O) groups excluding carboxylic acids is 1. The molecule has 1 rings (SSSR count). The Balaban J connectivity index is 2.72. The van der Waals surface area contributed by atoms with Gasteiger partial charge in [-0.3, -0.25) is 4.79 Å². The number of nitrogens with one attached hydrogen (secondary N) is 2. The Labute approximate surface area is 95.4 Å². The second-order valence-corrected chi connectivity index (χ2v) is 3.28. The molecule has 1 aromatic heterocycles. The Morgan fingerprint density at radius 2 is 2.00 bits per heavy atom. The maximum Gasteiger partial charge on any atom is 0.435 e. The molecule has 1 aromatic rings. The Kier molecular flexibility index (Phi) is 3.87. The van der Waals surface area contributed by atoms with E-state index in [1.165, 1.54) is 7.05 Å². The highest BCUT2D eigenvalue weighted by Crippen LogP contribution is 2.27. The fourth-order valence-corrected chi connectivity index (χ4v) is 1.06. The van der Waals surface area contributed by atoms with Crippen LogP contribution in [0, 0.1) is 0 Å². The first kappa shape index (κ1) is 13.2. The van der Waals surface area contributed by atoms with Gasteiger partial charge < -0.3 is 10.6 Å². The fraction of sp³-hybridized carbons (Fsp3) is 0.444. The molecule has 0 bridgehead atoms. The van der Waals surface area contributed by atoms with Gasteiger partial charge in [0.1, 0.15) is 11.9 Å². The van der Waals surface area contributed by atoms with Crippen LogP contribution in [0.4, 0.5) is 19.0 Å². The molecule has 0 saturated heterocycles. The third kappa shape index (κ3) is 3.58. The summed E-state index contributed by atoms with van der Waals surface area (Å²) in [6, 6.07) is 1.31. The van der Waals surface area contributed by atoms with Crippen LogP contribution < -0.4 is 10.6 Å². The molecule has 0 saturated carbocycles. The van der Waals surface area contributed by atoms with Crippen molar-refractivity contribution >= 4 is 11.7 Å². The standard InChI is InChI=1S/C9H11F3N4O/c1-5(8(17)13-2)14-7-4-3-6(15-16-7)9(10,11)12/h3-5H,1-2H3,(H,13,17)(H,14,16). The average molecular weight is 248 g/mol. The molecule has 2 N–H and O–H groups in total. The zero-order chi connectivity index (χ0) is 13.1. The molecule has 1 amide bonds. The minimum absolute atomic E-state index is 0.106. The molecule has 1 atom stereocenters. The zero-order valence-electron chi connectivity index (χ0n) is 9.17. The van der Waals surface area contributed by atoms with Gasteiger partial charge in [0.25, 0.3) is 0 Å². The van der Waals surface area contributed by atoms with Gasteiger partial charge >= 0.3 is 6.18 Å². The Morgan fingerprint density at radius 1 is 1.35 bits per heavy atom. The molecule has 1 heterocycles. The Hall–Kier alpha value is -1.86. The van der Waals surface area contributed by atoms with Crippen molar-refractivity contribution in [2.75, 3.05) is 12.4 Å². The molecule has 0 radical (unpaired) electrons. The monoisotopic (exact) mass is 248 g/mol. The smallest absolute Gasteiger partial charge is 0.357 e. The van der Waals surface area contributed by atoms with Crippen LogP contribution in [0.5, 0.6) is 0 Å². The maximum absolute atomic E-state index is 12.2. The third-order valence-corrected chi connectivity index (χ3v) is 1.96. The fourth-order valence-electron chi connectivity index (χ4n) is 1.06. The van der Waals surface area contributed by atoms with Crippen LogP contribution in [0.2, 0.25) is 0 Å². The number of halogens is 3. The first-order valence-corrected chi connectivity index (χ1v) is 4.73. The number of hydrogen-bond donors (Lipinski definition) is 2. The first-order chi connectivity index (χ1) is 7.84. The molecule has 0 aliphatic heterocycles. The van der Waals surface area contributed by atoms with Crippen LogP contribution in [0.3, 0.4) is 0 Å². The minimum atomic E-state index is -4.52. The normalized spacial score (nSPS) is 13.0. The largest absolute Gasteiger partial charge is 0.435 e. The lowest BCUT2D eigenvalue weighted by molar-refractivity contribution is -0.141. The molecule has 8 heteroatoms. The predicted octanol–water partition coefficient (Wildman–Crippen LogP) is 1.04. The maximum atomic E-state index is 12.2. The summed E-state index contributed by atoms with van der Waals surface area (Å²) in [7, 11) is 1.46. The minimum Gasteiger partial charge on any atom is -0.357 e. The van der Waals surface area contributed by atoms with Gasteiger partial charge in [0, 0.05) is 7.05 Å². The number of alkyl halides is 3. The summed E-state index contributed by atoms with van der Waals surface area (Å²) in [4.78, 5) is 11.1. The summed E-state index contributed by atoms with van der Waals surface area (Å²) >= 11 is 0. The van der Waals surface area contributed by atoms with Gasteiger partial charge in [-0.15, -0.1) is 10.2 Å². The molecule has 0 aliphatic carbocycles. The molecular formula is C9H11F3N4O. The summed E-state index contributed by atoms with van der Waals surface area (Å²) in [5.74, 6) is -0.194. The highest BCUT2D eigenvalue weighted by molar-refractivity contribution is 5.83. The van der Waals surface area contributed by atoms with Crippen LogP contribution in [-0.4, -0.2) is 29.2 Å². The highest BCUT2D eigenvalue weighted by atomic mass is 19.4. The predicted molar refractivity (Wildman–Crippen MR) is 54.2 cm³/mol. The number of aromatic nitrogens is 2. The van der Waals surface area contributed by atoms with Gasteiger partial charge in [0.05, 0.1) is 0 Å². The molecule has 5 nitrogen and oxygen atoms in total. The van der Waals surface area contributed by atoms with Crippen LogP contribution in [0.15, 0.2) is 12.1 Å². The second kappa shape index (κ2) is 4.98. The Morgan fingerprint density at radius 3 is 2.41 bits per heavy atom. The number of carbonyl (C=O) groups is 1. The summed E-state index contributed by atoms with van der Waals surface area (Å²) < 4.78 is 36.5. The molecule has 94 valence electrons. The topological polar surface area (TPSA) is 66.9 Å². The number of rotatable bonds is 3. The van der Waals surface area contributed by atoms with Crippen LogP contribution >= 0.6 is 0 Å². The van der Waals surface area contributed by atoms with Gasteiger partial charge in [-0.25, -0.2) is 0 Å². The summed E-state index contributed by atoms with van der Waals surface area (Å²) in [6.45, 7) is 1.55. The van der Waals surface area contributed by atoms with Gasteiger partial charge in [0.15, 0.2) is 5.69 Å². The second-order valence-electron chi connectivity index (χ2n) is 3.28. The van der Waals surface area contributed by atoms with Crippen molar-refractivity contribution in [1.29, 1.82) is 0 Å². The van der Waals surface area contributed by atoms with Crippen molar-refractivity contribution in [3.8, 4) is 0 Å². The van der Waals surface area contributed by atoms with E-state index in [0.29, 0.717) is 0 Å². The zero-order valence-corrected chi connectivity index (χ0v) is 9.17. The molecule has 0 fully saturated rings. The lowest BCUT2D eigenvalue weighted by Gasteiger charge is -2.12. The molecular weight excluding hydrogens is 237 g/mol. The lowest BCUT2D eigenvalue weighted by Crippen LogP contribution is -2.35. The summed E-state index contributed by atoms with van der Waals surface area (Å²) in [5.41, 5.74) is -1.07. The van der Waals surface area contributed by atoms with Gasteiger partial charge in [0.2, 0.25) is 5.91 Å². The summed E-state index contributed by atoms with van der Waals surface area (Å²) in [5, 5.41) is 11.4. The number of likely N-dealkylation sites (N-methyl/N-ethyl adjacent to an activating group) is 1. The third-order valence-electron chi connectivity index (χ3n) is 1.96. The molecule has 0 aromatic carbocycles. The van der Waals surface area contributed by atoms with Crippen molar-refractivity contribution in [2.24, 2.45) is 0 Å². The van der Waals surface area contributed by atoms with Crippen LogP contribution in [-0.2, 0) is 11.0 Å². The number of amides is 1. The van der Waals surface area contributed by atoms with E-state index in [0.717, 1.165) is 12.1 Å². The first-order valence-electron chi connectivity index (χ1n) is 4.73. The number of hydrogen-bond acceptors (Lipinski definition) is 4. The SMILES string of the molecule is CNC(=O)C(C)Nc1ccc(C(F)(F)F)nn1. The van der Waals surface area contributed by atoms with E-state index in [2.05, 4.69) is 20.8 Å². The van der Waals surface area contributed by atoms with E-state index in [-0.39, 0.29) is 11.7 Å². The van der Waals surface area contributed by atoms with Crippen molar-refractivity contribution in [3.05, 3.63) is 17.8 Å². The average Bonchev–Trinajstić information content (AvgIpc) is 2.27. The van der Waals surface area contributed by atoms with E-state index in [9.17, 15) is 18.0 Å². The van der Waals surface area contributed by atoms with Gasteiger partial charge in [-0.05, 0) is 19.1 Å². The van der Waals surface area contributed by atoms with Crippen molar-refractivity contribution < 1.29 is 18.0 Å². The van der Waals surface area contributed by atoms with E-state index in [1.807, 2.05) is 0 Å². The molecule has 1 unspecified atom stereocenters. The summed E-state index contributed by atoms with van der Waals surface area (Å²) in [6.07, 6.45) is -4.52. The van der Waals surface area contributed by atoms with E-state index < -0.39 is 17.9 Å². The van der Waals surface area contributed by atoms with Crippen molar-refractivity contribution in [2.45, 2.75) is 19.1 Å². The van der Waals surface area contributed by atoms with E-state index in [4.69, 9.17) is 0 Å². The van der Waals surface area contributed by atoms with Crippen molar-refractivity contribution in [3.63, 3.8) is 0 Å². The van der Waals surface area contributed by atoms with Crippen LogP contribution in [0.25, 0.3) is 0 Å². The number of anilines is 1. The quantitative estimate of drug-likeness (QED) is 0.838. The Bertz CT molecular complexity index is 390. The van der Waals surface area contributed by atoms with Crippen LogP contribution in [0.1, 0.15) is 12.6 Å². The van der Waals surface area contributed by atoms with Gasteiger partial charge in [-0.2, -0.15) is 13.2 Å². The number of nitrogens with zero attached hydrogens (tertiary/aromatic N) is 2. The van der Waals surface area contributed by atoms with Gasteiger partial charge in [-0.1, -0.05) is 0 Å². The molecule has 0 aliphatic rings. The lowest BCUT2D eigenvalue weighted by atomic mass is 10.3. The molecule has 0 spiro atoms. The molecule has 17 heavy (non-hydrogen) atoms.